The molecule has 2 amide bonds. The van der Waals surface area contributed by atoms with E-state index >= 15 is 0 Å². The third-order valence-electron chi connectivity index (χ3n) is 1.32. The van der Waals surface area contributed by atoms with Gasteiger partial charge in [-0.2, -0.15) is 0 Å². The minimum absolute atomic E-state index is 0.441. The number of rotatable bonds is 6. The summed E-state index contributed by atoms with van der Waals surface area (Å²) in [6.07, 6.45) is 3.14. The van der Waals surface area contributed by atoms with Crippen molar-refractivity contribution in [3.63, 3.8) is 0 Å². The van der Waals surface area contributed by atoms with Crippen molar-refractivity contribution in [1.29, 1.82) is 0 Å². The summed E-state index contributed by atoms with van der Waals surface area (Å²) in [6, 6.07) is -0.441. The van der Waals surface area contributed by atoms with Crippen molar-refractivity contribution in [2.24, 2.45) is 5.73 Å². The fourth-order valence-electron chi connectivity index (χ4n) is 0.760. The largest absolute Gasteiger partial charge is 0.428 e. The van der Waals surface area contributed by atoms with E-state index in [-0.39, 0.29) is 0 Å². The molecule has 0 bridgehead atoms. The molecule has 0 saturated heterocycles. The van der Waals surface area contributed by atoms with E-state index in [1.54, 1.807) is 0 Å². The quantitative estimate of drug-likeness (QED) is 0.408. The van der Waals surface area contributed by atoms with Gasteiger partial charge in [0.15, 0.2) is 0 Å². The van der Waals surface area contributed by atoms with Crippen LogP contribution in [-0.2, 0) is 4.43 Å². The summed E-state index contributed by atoms with van der Waals surface area (Å²) in [5.41, 5.74) is 4.86. The first-order chi connectivity index (χ1) is 5.27. The van der Waals surface area contributed by atoms with Gasteiger partial charge in [-0.3, -0.25) is 0 Å². The predicted molar refractivity (Wildman–Crippen MR) is 47.3 cm³/mol. The molecule has 0 saturated carbocycles. The van der Waals surface area contributed by atoms with Crippen LogP contribution in [0, 0.1) is 0 Å². The normalized spacial score (nSPS) is 9.82. The first-order valence-corrected chi connectivity index (χ1v) is 4.61. The van der Waals surface area contributed by atoms with E-state index < -0.39 is 6.03 Å². The number of carbonyl (C=O) groups is 1. The highest BCUT2D eigenvalue weighted by atomic mass is 28.2. The lowest BCUT2D eigenvalue weighted by Gasteiger charge is -2.00. The average Bonchev–Trinajstić information content (AvgIpc) is 1.96. The minimum atomic E-state index is -0.441. The second kappa shape index (κ2) is 7.55. The van der Waals surface area contributed by atoms with Crippen LogP contribution in [0.15, 0.2) is 0 Å². The van der Waals surface area contributed by atoms with Crippen molar-refractivity contribution >= 4 is 16.5 Å². The molecule has 0 aromatic heterocycles. The number of carbonyl (C=O) groups excluding carboxylic acids is 1. The van der Waals surface area contributed by atoms with Crippen LogP contribution in [0.25, 0.3) is 0 Å². The fourth-order valence-corrected chi connectivity index (χ4v) is 1.05. The van der Waals surface area contributed by atoms with Crippen LogP contribution in [-0.4, -0.2) is 29.7 Å². The highest BCUT2D eigenvalue weighted by Crippen LogP contribution is 1.92. The third-order valence-corrected chi connectivity index (χ3v) is 1.73. The summed E-state index contributed by atoms with van der Waals surface area (Å²) in [4.78, 5) is 10.2. The lowest BCUT2D eigenvalue weighted by Crippen LogP contribution is -2.29. The number of primary amides is 1. The lowest BCUT2D eigenvalue weighted by atomic mass is 10.2. The van der Waals surface area contributed by atoms with Gasteiger partial charge in [-0.25, -0.2) is 4.79 Å². The van der Waals surface area contributed by atoms with E-state index in [2.05, 4.69) is 5.32 Å². The van der Waals surface area contributed by atoms with Gasteiger partial charge < -0.3 is 15.5 Å². The number of nitrogens with one attached hydrogen (secondary N) is 1. The van der Waals surface area contributed by atoms with Gasteiger partial charge in [-0.05, 0) is 19.3 Å². The Morgan fingerprint density at radius 3 is 2.73 bits per heavy atom. The van der Waals surface area contributed by atoms with E-state index in [0.29, 0.717) is 6.54 Å². The Kier molecular flexibility index (Phi) is 7.17. The summed E-state index contributed by atoms with van der Waals surface area (Å²) in [6.45, 7) is 1.53. The Balaban J connectivity index is 2.85. The van der Waals surface area contributed by atoms with Gasteiger partial charge in [0.05, 0.1) is 0 Å². The molecular weight excluding hydrogens is 160 g/mol. The summed E-state index contributed by atoms with van der Waals surface area (Å²) in [7, 11) is 0.816. The molecule has 0 radical (unpaired) electrons. The molecule has 11 heavy (non-hydrogen) atoms. The van der Waals surface area contributed by atoms with Crippen LogP contribution in [0.3, 0.4) is 0 Å². The molecule has 0 atom stereocenters. The number of hydrogen-bond acceptors (Lipinski definition) is 2. The molecule has 5 heteroatoms. The SMILES string of the molecule is NC(=O)NCCCCCO[SiH3]. The highest BCUT2D eigenvalue weighted by molar-refractivity contribution is 5.97. The van der Waals surface area contributed by atoms with E-state index in [1.165, 1.54) is 0 Å². The van der Waals surface area contributed by atoms with Crippen molar-refractivity contribution in [2.75, 3.05) is 13.2 Å². The first kappa shape index (κ1) is 10.4. The Morgan fingerprint density at radius 2 is 2.18 bits per heavy atom. The Labute approximate surface area is 70.0 Å². The Hall–Kier alpha value is -0.553. The number of unbranched alkanes of at least 4 members (excludes halogenated alkanes) is 2. The van der Waals surface area contributed by atoms with Gasteiger partial charge in [0, 0.05) is 13.2 Å². The topological polar surface area (TPSA) is 64.4 Å². The third kappa shape index (κ3) is 9.45. The van der Waals surface area contributed by atoms with E-state index in [4.69, 9.17) is 10.2 Å². The van der Waals surface area contributed by atoms with Crippen molar-refractivity contribution in [1.82, 2.24) is 5.32 Å². The van der Waals surface area contributed by atoms with E-state index in [9.17, 15) is 4.79 Å². The van der Waals surface area contributed by atoms with Crippen LogP contribution in [0.2, 0.25) is 0 Å². The molecule has 0 aromatic carbocycles. The fraction of sp³-hybridized carbons (Fsp3) is 0.833. The van der Waals surface area contributed by atoms with Gasteiger partial charge in [0.2, 0.25) is 0 Å². The van der Waals surface area contributed by atoms with E-state index in [1.807, 2.05) is 0 Å². The molecular formula is C6H16N2O2Si. The molecule has 0 heterocycles. The predicted octanol–water partition coefficient (Wildman–Crippen LogP) is -0.878. The number of nitrogens with two attached hydrogens (primary N) is 1. The first-order valence-electron chi connectivity index (χ1n) is 3.79. The van der Waals surface area contributed by atoms with Gasteiger partial charge in [0.25, 0.3) is 0 Å². The summed E-state index contributed by atoms with van der Waals surface area (Å²) < 4.78 is 5.00. The number of amides is 2. The van der Waals surface area contributed by atoms with E-state index in [0.717, 1.165) is 36.4 Å². The van der Waals surface area contributed by atoms with Crippen LogP contribution >= 0.6 is 0 Å². The molecule has 66 valence electrons. The molecule has 3 N–H and O–H groups in total. The molecule has 0 spiro atoms. The monoisotopic (exact) mass is 176 g/mol. The second-order valence-electron chi connectivity index (χ2n) is 2.34. The average molecular weight is 176 g/mol. The molecule has 0 aromatic rings. The maximum absolute atomic E-state index is 10.2. The molecule has 0 aliphatic rings. The van der Waals surface area contributed by atoms with Crippen molar-refractivity contribution in [3.8, 4) is 0 Å². The van der Waals surface area contributed by atoms with Crippen molar-refractivity contribution in [3.05, 3.63) is 0 Å². The van der Waals surface area contributed by atoms with Crippen LogP contribution < -0.4 is 11.1 Å². The van der Waals surface area contributed by atoms with Crippen molar-refractivity contribution < 1.29 is 9.22 Å². The maximum atomic E-state index is 10.2. The molecule has 0 unspecified atom stereocenters. The Morgan fingerprint density at radius 1 is 1.45 bits per heavy atom. The zero-order valence-corrected chi connectivity index (χ0v) is 8.93. The molecule has 0 fully saturated rings. The number of hydrogen-bond donors (Lipinski definition) is 2. The van der Waals surface area contributed by atoms with Gasteiger partial charge in [-0.15, -0.1) is 0 Å². The van der Waals surface area contributed by atoms with Gasteiger partial charge in [0.1, 0.15) is 10.5 Å². The lowest BCUT2D eigenvalue weighted by molar-refractivity contribution is 0.248. The number of urea groups is 1. The second-order valence-corrected chi connectivity index (χ2v) is 2.92. The zero-order valence-electron chi connectivity index (χ0n) is 6.93. The molecule has 0 aliphatic carbocycles. The van der Waals surface area contributed by atoms with Gasteiger partial charge in [-0.1, -0.05) is 0 Å². The van der Waals surface area contributed by atoms with Crippen LogP contribution in [0.4, 0.5) is 4.79 Å². The Bertz CT molecular complexity index is 111. The summed E-state index contributed by atoms with van der Waals surface area (Å²) in [5, 5.41) is 2.53. The zero-order chi connectivity index (χ0) is 8.53. The molecule has 0 aliphatic heterocycles. The molecule has 4 nitrogen and oxygen atoms in total. The molecule has 0 rings (SSSR count). The van der Waals surface area contributed by atoms with Gasteiger partial charge >= 0.3 is 6.03 Å². The maximum Gasteiger partial charge on any atom is 0.312 e. The van der Waals surface area contributed by atoms with Crippen LogP contribution in [0.5, 0.6) is 0 Å². The summed E-state index contributed by atoms with van der Waals surface area (Å²) in [5.74, 6) is 0. The van der Waals surface area contributed by atoms with Crippen molar-refractivity contribution in [2.45, 2.75) is 19.3 Å². The standard InChI is InChI=1S/C6H16N2O2Si/c7-6(9)8-4-2-1-3-5-10-11/h1-5H2,11H3,(H3,7,8,9). The smallest absolute Gasteiger partial charge is 0.312 e. The van der Waals surface area contributed by atoms with Crippen LogP contribution in [0.1, 0.15) is 19.3 Å². The minimum Gasteiger partial charge on any atom is -0.428 e. The summed E-state index contributed by atoms with van der Waals surface area (Å²) >= 11 is 0. The highest BCUT2D eigenvalue weighted by Gasteiger charge is 1.90.